The third kappa shape index (κ3) is 5.93. The number of halogens is 3. The van der Waals surface area contributed by atoms with Crippen molar-refractivity contribution in [1.29, 1.82) is 0 Å². The van der Waals surface area contributed by atoms with Crippen LogP contribution in [-0.2, 0) is 23.9 Å². The third-order valence-electron chi connectivity index (χ3n) is 3.41. The van der Waals surface area contributed by atoms with Gasteiger partial charge in [-0.15, -0.1) is 11.3 Å². The van der Waals surface area contributed by atoms with Gasteiger partial charge in [0.25, 0.3) is 0 Å². The molecule has 0 aliphatic carbocycles. The minimum Gasteiger partial charge on any atom is -0.481 e. The van der Waals surface area contributed by atoms with Crippen molar-refractivity contribution in [3.05, 3.63) is 52.0 Å². The van der Waals surface area contributed by atoms with Crippen molar-refractivity contribution in [3.8, 4) is 0 Å². The van der Waals surface area contributed by atoms with Gasteiger partial charge in [0.05, 0.1) is 6.20 Å². The number of aliphatic carboxylic acids is 1. The van der Waals surface area contributed by atoms with Crippen molar-refractivity contribution in [2.45, 2.75) is 38.0 Å². The molecule has 0 amide bonds. The van der Waals surface area contributed by atoms with Crippen molar-refractivity contribution in [2.24, 2.45) is 0 Å². The predicted octanol–water partition coefficient (Wildman–Crippen LogP) is 3.73. The molecule has 2 N–H and O–H groups in total. The monoisotopic (exact) mass is 358 g/mol. The maximum atomic E-state index is 12.6. The Bertz CT molecular complexity index is 659. The maximum Gasteiger partial charge on any atom is 0.427 e. The van der Waals surface area contributed by atoms with Gasteiger partial charge in [-0.05, 0) is 18.4 Å². The molecule has 4 nitrogen and oxygen atoms in total. The van der Waals surface area contributed by atoms with E-state index in [2.05, 4.69) is 10.3 Å². The molecule has 0 spiro atoms. The fourth-order valence-corrected chi connectivity index (χ4v) is 2.96. The van der Waals surface area contributed by atoms with Crippen LogP contribution < -0.4 is 5.32 Å². The lowest BCUT2D eigenvalue weighted by Crippen LogP contribution is -2.31. The van der Waals surface area contributed by atoms with Crippen molar-refractivity contribution in [1.82, 2.24) is 10.3 Å². The fourth-order valence-electron chi connectivity index (χ4n) is 2.23. The first-order valence-corrected chi connectivity index (χ1v) is 8.17. The number of aromatic nitrogens is 1. The highest BCUT2D eigenvalue weighted by atomic mass is 32.1. The lowest BCUT2D eigenvalue weighted by molar-refractivity contribution is -0.137. The number of nitrogens with one attached hydrogen (secondary N) is 1. The highest BCUT2D eigenvalue weighted by Crippen LogP contribution is 2.33. The summed E-state index contributed by atoms with van der Waals surface area (Å²) in [6.07, 6.45) is -2.57. The van der Waals surface area contributed by atoms with Crippen LogP contribution in [0.25, 0.3) is 0 Å². The van der Waals surface area contributed by atoms with Gasteiger partial charge in [0, 0.05) is 19.0 Å². The van der Waals surface area contributed by atoms with Crippen molar-refractivity contribution < 1.29 is 23.1 Å². The van der Waals surface area contributed by atoms with E-state index in [4.69, 9.17) is 5.11 Å². The number of alkyl halides is 3. The molecule has 1 aromatic heterocycles. The summed E-state index contributed by atoms with van der Waals surface area (Å²) in [4.78, 5) is 13.8. The van der Waals surface area contributed by atoms with Gasteiger partial charge in [-0.25, -0.2) is 4.98 Å². The number of hydrogen-bond acceptors (Lipinski definition) is 4. The molecule has 0 bridgehead atoms. The summed E-state index contributed by atoms with van der Waals surface area (Å²) < 4.78 is 37.7. The maximum absolute atomic E-state index is 12.6. The van der Waals surface area contributed by atoms with Gasteiger partial charge in [0.15, 0.2) is 0 Å². The lowest BCUT2D eigenvalue weighted by Gasteiger charge is -2.17. The zero-order valence-corrected chi connectivity index (χ0v) is 13.5. The molecule has 0 fully saturated rings. The van der Waals surface area contributed by atoms with Crippen LogP contribution in [0.4, 0.5) is 13.2 Å². The number of nitrogens with zero attached hydrogens (tertiary/aromatic N) is 1. The molecule has 2 aromatic rings. The molecule has 0 saturated heterocycles. The summed E-state index contributed by atoms with van der Waals surface area (Å²) >= 11 is 0.598. The van der Waals surface area contributed by atoms with E-state index in [9.17, 15) is 18.0 Å². The molecule has 0 radical (unpaired) electrons. The topological polar surface area (TPSA) is 62.2 Å². The SMILES string of the molecule is O=C(O)CCC(Cc1ccccc1)NCc1ncc(C(F)(F)F)s1. The summed E-state index contributed by atoms with van der Waals surface area (Å²) in [7, 11) is 0. The van der Waals surface area contributed by atoms with E-state index in [1.807, 2.05) is 30.3 Å². The van der Waals surface area contributed by atoms with Gasteiger partial charge in [0.2, 0.25) is 0 Å². The molecule has 1 heterocycles. The van der Waals surface area contributed by atoms with E-state index < -0.39 is 17.0 Å². The molecule has 0 aliphatic rings. The lowest BCUT2D eigenvalue weighted by atomic mass is 10.0. The average Bonchev–Trinajstić information content (AvgIpc) is 3.00. The second kappa shape index (κ2) is 8.25. The Kier molecular flexibility index (Phi) is 6.33. The van der Waals surface area contributed by atoms with Gasteiger partial charge in [-0.3, -0.25) is 4.79 Å². The largest absolute Gasteiger partial charge is 0.481 e. The standard InChI is InChI=1S/C16H17F3N2O2S/c17-16(18,19)13-9-21-14(24-13)10-20-12(6-7-15(22)23)8-11-4-2-1-3-5-11/h1-5,9,12,20H,6-8,10H2,(H,22,23). The number of rotatable bonds is 8. The summed E-state index contributed by atoms with van der Waals surface area (Å²) in [6, 6.07) is 9.38. The third-order valence-corrected chi connectivity index (χ3v) is 4.45. The van der Waals surface area contributed by atoms with Gasteiger partial charge in [0.1, 0.15) is 9.88 Å². The molecule has 2 rings (SSSR count). The Morgan fingerprint density at radius 1 is 1.29 bits per heavy atom. The zero-order chi connectivity index (χ0) is 17.6. The number of carboxylic acid groups (broad SMARTS) is 1. The molecule has 24 heavy (non-hydrogen) atoms. The molecule has 1 atom stereocenters. The summed E-state index contributed by atoms with van der Waals surface area (Å²) in [5.41, 5.74) is 1.04. The van der Waals surface area contributed by atoms with Crippen LogP contribution in [-0.4, -0.2) is 22.1 Å². The van der Waals surface area contributed by atoms with Crippen molar-refractivity contribution in [3.63, 3.8) is 0 Å². The normalized spacial score (nSPS) is 13.0. The van der Waals surface area contributed by atoms with E-state index in [1.54, 1.807) is 0 Å². The van der Waals surface area contributed by atoms with Crippen molar-refractivity contribution >= 4 is 17.3 Å². The summed E-state index contributed by atoms with van der Waals surface area (Å²) in [5, 5.41) is 12.3. The Morgan fingerprint density at radius 2 is 2.00 bits per heavy atom. The van der Waals surface area contributed by atoms with Gasteiger partial charge in [-0.2, -0.15) is 13.2 Å². The van der Waals surface area contributed by atoms with Crippen molar-refractivity contribution in [2.75, 3.05) is 0 Å². The second-order valence-electron chi connectivity index (χ2n) is 5.32. The van der Waals surface area contributed by atoms with Gasteiger partial charge in [-0.1, -0.05) is 30.3 Å². The average molecular weight is 358 g/mol. The van der Waals surface area contributed by atoms with Crippen LogP contribution in [0, 0.1) is 0 Å². The Labute approximate surface area is 141 Å². The van der Waals surface area contributed by atoms with Crippen LogP contribution in [0.3, 0.4) is 0 Å². The highest BCUT2D eigenvalue weighted by Gasteiger charge is 2.33. The summed E-state index contributed by atoms with van der Waals surface area (Å²) in [5.74, 6) is -0.900. The Balaban J connectivity index is 1.96. The number of carboxylic acids is 1. The van der Waals surface area contributed by atoms with Crippen LogP contribution in [0.15, 0.2) is 36.5 Å². The minimum absolute atomic E-state index is 0.00380. The Morgan fingerprint density at radius 3 is 2.58 bits per heavy atom. The molecule has 0 saturated carbocycles. The van der Waals surface area contributed by atoms with Gasteiger partial charge >= 0.3 is 12.1 Å². The molecule has 8 heteroatoms. The van der Waals surface area contributed by atoms with E-state index in [-0.39, 0.29) is 19.0 Å². The number of thiazole rings is 1. The van der Waals surface area contributed by atoms with E-state index in [0.29, 0.717) is 29.2 Å². The van der Waals surface area contributed by atoms with E-state index in [1.165, 1.54) is 0 Å². The van der Waals surface area contributed by atoms with E-state index in [0.717, 1.165) is 11.8 Å². The smallest absolute Gasteiger partial charge is 0.427 e. The fraction of sp³-hybridized carbons (Fsp3) is 0.375. The number of hydrogen-bond donors (Lipinski definition) is 2. The number of benzene rings is 1. The molecule has 130 valence electrons. The van der Waals surface area contributed by atoms with Crippen LogP contribution >= 0.6 is 11.3 Å². The van der Waals surface area contributed by atoms with Crippen LogP contribution in [0.5, 0.6) is 0 Å². The molecule has 1 aromatic carbocycles. The van der Waals surface area contributed by atoms with Crippen LogP contribution in [0.2, 0.25) is 0 Å². The molecular weight excluding hydrogens is 341 g/mol. The first kappa shape index (κ1) is 18.4. The Hall–Kier alpha value is -1.93. The quantitative estimate of drug-likeness (QED) is 0.755. The minimum atomic E-state index is -4.39. The second-order valence-corrected chi connectivity index (χ2v) is 6.43. The van der Waals surface area contributed by atoms with E-state index >= 15 is 0 Å². The predicted molar refractivity (Wildman–Crippen MR) is 84.8 cm³/mol. The first-order chi connectivity index (χ1) is 11.3. The highest BCUT2D eigenvalue weighted by molar-refractivity contribution is 7.11. The molecule has 0 aliphatic heterocycles. The number of carbonyl (C=O) groups is 1. The first-order valence-electron chi connectivity index (χ1n) is 7.35. The summed E-state index contributed by atoms with van der Waals surface area (Å²) in [6.45, 7) is 0.178. The molecular formula is C16H17F3N2O2S. The van der Waals surface area contributed by atoms with Gasteiger partial charge < -0.3 is 10.4 Å². The zero-order valence-electron chi connectivity index (χ0n) is 12.7. The van der Waals surface area contributed by atoms with Crippen LogP contribution in [0.1, 0.15) is 28.3 Å². The molecule has 1 unspecified atom stereocenters.